The van der Waals surface area contributed by atoms with Gasteiger partial charge in [-0.1, -0.05) is 103 Å². The molecule has 238 valence electrons. The maximum Gasteiger partial charge on any atom is 0.347 e. The lowest BCUT2D eigenvalue weighted by Gasteiger charge is -2.11. The molecule has 6 rings (SSSR count). The van der Waals surface area contributed by atoms with Gasteiger partial charge in [0.1, 0.15) is 23.1 Å². The highest BCUT2D eigenvalue weighted by molar-refractivity contribution is 7.99. The first-order valence-corrected chi connectivity index (χ1v) is 16.2. The van der Waals surface area contributed by atoms with Crippen LogP contribution in [0.3, 0.4) is 0 Å². The maximum atomic E-state index is 11.7. The van der Waals surface area contributed by atoms with Crippen LogP contribution in [0.15, 0.2) is 119 Å². The number of ether oxygens (including phenoxy) is 1. The molecule has 0 saturated carbocycles. The molecule has 0 amide bonds. The second-order valence-corrected chi connectivity index (χ2v) is 11.9. The van der Waals surface area contributed by atoms with Gasteiger partial charge in [-0.2, -0.15) is 4.98 Å². The van der Waals surface area contributed by atoms with Crippen LogP contribution >= 0.6 is 35.0 Å². The Morgan fingerprint density at radius 3 is 2.00 bits per heavy atom. The molecule has 0 bridgehead atoms. The standard InChI is InChI=1S/C19H18ClN3OS.C16H12ClN3O2/c1-3-25-19-22-16(13-7-5-4-6-8-13)12-18(23-19)21-14-9-10-17(24-2)15(20)11-14;17-12-8-11(6-7-14(12)21)18-15-9-13(19-16(22)20-15)10-4-2-1-3-5-10/h4-12H,3H2,1-2H3,(H,21,22,23);1-9,21H,(H2,18,19,20,22). The van der Waals surface area contributed by atoms with E-state index >= 15 is 0 Å². The maximum absolute atomic E-state index is 11.7. The number of aromatic nitrogens is 4. The quantitative estimate of drug-likeness (QED) is 0.0670. The van der Waals surface area contributed by atoms with Crippen molar-refractivity contribution in [2.24, 2.45) is 0 Å². The summed E-state index contributed by atoms with van der Waals surface area (Å²) in [7, 11) is 1.60. The van der Waals surface area contributed by atoms with Crippen molar-refractivity contribution in [2.45, 2.75) is 12.1 Å². The molecule has 4 N–H and O–H groups in total. The average molecular weight is 686 g/mol. The van der Waals surface area contributed by atoms with E-state index in [1.54, 1.807) is 37.1 Å². The van der Waals surface area contributed by atoms with Gasteiger partial charge in [-0.3, -0.25) is 0 Å². The van der Waals surface area contributed by atoms with Gasteiger partial charge < -0.3 is 25.5 Å². The molecule has 0 saturated heterocycles. The number of benzene rings is 4. The van der Waals surface area contributed by atoms with Gasteiger partial charge in [0.25, 0.3) is 0 Å². The number of methoxy groups -OCH3 is 1. The summed E-state index contributed by atoms with van der Waals surface area (Å²) in [4.78, 5) is 27.5. The summed E-state index contributed by atoms with van der Waals surface area (Å²) >= 11 is 13.7. The van der Waals surface area contributed by atoms with Crippen LogP contribution < -0.4 is 21.1 Å². The summed E-state index contributed by atoms with van der Waals surface area (Å²) in [6.45, 7) is 2.08. The third kappa shape index (κ3) is 9.26. The number of aromatic amines is 1. The summed E-state index contributed by atoms with van der Waals surface area (Å²) in [5, 5.41) is 17.2. The highest BCUT2D eigenvalue weighted by Crippen LogP contribution is 2.31. The van der Waals surface area contributed by atoms with E-state index in [1.807, 2.05) is 84.9 Å². The minimum Gasteiger partial charge on any atom is -0.506 e. The molecule has 0 aliphatic carbocycles. The smallest absolute Gasteiger partial charge is 0.347 e. The van der Waals surface area contributed by atoms with Crippen LogP contribution in [0.4, 0.5) is 23.0 Å². The molecule has 0 fully saturated rings. The molecular formula is C35H30Cl2N6O3S. The van der Waals surface area contributed by atoms with Crippen molar-refractivity contribution in [3.8, 4) is 34.0 Å². The predicted molar refractivity (Wildman–Crippen MR) is 192 cm³/mol. The molecule has 9 nitrogen and oxygen atoms in total. The van der Waals surface area contributed by atoms with E-state index in [2.05, 4.69) is 37.5 Å². The van der Waals surface area contributed by atoms with Crippen molar-refractivity contribution in [1.29, 1.82) is 0 Å². The zero-order valence-electron chi connectivity index (χ0n) is 25.4. The van der Waals surface area contributed by atoms with Crippen LogP contribution in [0, 0.1) is 0 Å². The van der Waals surface area contributed by atoms with E-state index in [9.17, 15) is 9.90 Å². The van der Waals surface area contributed by atoms with Crippen LogP contribution in [-0.2, 0) is 0 Å². The number of thioether (sulfide) groups is 1. The fourth-order valence-electron chi connectivity index (χ4n) is 4.36. The molecule has 0 radical (unpaired) electrons. The Morgan fingerprint density at radius 1 is 0.766 bits per heavy atom. The number of rotatable bonds is 9. The van der Waals surface area contributed by atoms with Crippen molar-refractivity contribution in [3.05, 3.63) is 130 Å². The topological polar surface area (TPSA) is 125 Å². The van der Waals surface area contributed by atoms with E-state index in [-0.39, 0.29) is 10.8 Å². The first-order chi connectivity index (χ1) is 22.8. The van der Waals surface area contributed by atoms with E-state index < -0.39 is 5.69 Å². The first-order valence-electron chi connectivity index (χ1n) is 14.4. The molecule has 2 heterocycles. The van der Waals surface area contributed by atoms with Crippen molar-refractivity contribution < 1.29 is 9.84 Å². The lowest BCUT2D eigenvalue weighted by atomic mass is 10.1. The number of hydrogen-bond acceptors (Lipinski definition) is 9. The van der Waals surface area contributed by atoms with E-state index in [0.29, 0.717) is 28.0 Å². The number of H-pyrrole nitrogens is 1. The zero-order valence-corrected chi connectivity index (χ0v) is 27.7. The number of hydrogen-bond donors (Lipinski definition) is 4. The number of anilines is 4. The van der Waals surface area contributed by atoms with Crippen molar-refractivity contribution >= 4 is 58.0 Å². The Balaban J connectivity index is 0.000000186. The second-order valence-electron chi connectivity index (χ2n) is 9.84. The second kappa shape index (κ2) is 16.0. The zero-order chi connectivity index (χ0) is 33.2. The number of phenolic OH excluding ortho intramolecular Hbond substituents is 1. The minimum absolute atomic E-state index is 0.00365. The predicted octanol–water partition coefficient (Wildman–Crippen LogP) is 9.20. The summed E-state index contributed by atoms with van der Waals surface area (Å²) in [5.74, 6) is 2.67. The molecular weight excluding hydrogens is 655 g/mol. The van der Waals surface area contributed by atoms with Crippen molar-refractivity contribution in [1.82, 2.24) is 19.9 Å². The Labute approximate surface area is 286 Å². The molecule has 0 aliphatic heterocycles. The molecule has 0 atom stereocenters. The number of nitrogens with one attached hydrogen (secondary N) is 3. The normalized spacial score (nSPS) is 10.5. The van der Waals surface area contributed by atoms with Gasteiger partial charge in [-0.05, 0) is 47.7 Å². The van der Waals surface area contributed by atoms with Gasteiger partial charge in [0.15, 0.2) is 5.16 Å². The van der Waals surface area contributed by atoms with Crippen molar-refractivity contribution in [3.63, 3.8) is 0 Å². The summed E-state index contributed by atoms with van der Waals surface area (Å²) in [5.41, 5.74) is 4.50. The van der Waals surface area contributed by atoms with Crippen LogP contribution in [0.2, 0.25) is 10.0 Å². The first kappa shape index (κ1) is 33.3. The Hall–Kier alpha value is -5.03. The molecule has 2 aromatic heterocycles. The van der Waals surface area contributed by atoms with Gasteiger partial charge in [0.2, 0.25) is 0 Å². The largest absolute Gasteiger partial charge is 0.506 e. The summed E-state index contributed by atoms with van der Waals surface area (Å²) in [6, 6.07) is 33.4. The third-order valence-electron chi connectivity index (χ3n) is 6.52. The summed E-state index contributed by atoms with van der Waals surface area (Å²) < 4.78 is 5.19. The fraction of sp³-hybridized carbons (Fsp3) is 0.0857. The Kier molecular flexibility index (Phi) is 11.3. The molecule has 0 spiro atoms. The number of halogens is 2. The van der Waals surface area contributed by atoms with Gasteiger partial charge >= 0.3 is 5.69 Å². The van der Waals surface area contributed by atoms with Gasteiger partial charge in [0.05, 0.1) is 28.5 Å². The van der Waals surface area contributed by atoms with Gasteiger partial charge in [0, 0.05) is 29.1 Å². The minimum atomic E-state index is -0.450. The van der Waals surface area contributed by atoms with Crippen molar-refractivity contribution in [2.75, 3.05) is 23.5 Å². The summed E-state index contributed by atoms with van der Waals surface area (Å²) in [6.07, 6.45) is 0. The molecule has 47 heavy (non-hydrogen) atoms. The van der Waals surface area contributed by atoms with E-state index in [0.717, 1.165) is 39.2 Å². The SMILES string of the molecule is CCSc1nc(Nc2ccc(OC)c(Cl)c2)cc(-c2ccccc2)n1.O=c1nc(Nc2ccc(O)c(Cl)c2)cc(-c2ccccc2)[nH]1. The average Bonchev–Trinajstić information content (AvgIpc) is 3.07. The number of nitrogens with zero attached hydrogens (tertiary/aromatic N) is 3. The van der Waals surface area contributed by atoms with Crippen LogP contribution in [0.25, 0.3) is 22.5 Å². The van der Waals surface area contributed by atoms with Crippen LogP contribution in [0.1, 0.15) is 6.92 Å². The molecule has 0 aliphatic rings. The Bertz CT molecular complexity index is 2010. The highest BCUT2D eigenvalue weighted by Gasteiger charge is 2.09. The fourth-order valence-corrected chi connectivity index (χ4v) is 5.38. The third-order valence-corrected chi connectivity index (χ3v) is 7.85. The molecule has 4 aromatic carbocycles. The number of aromatic hydroxyl groups is 1. The lowest BCUT2D eigenvalue weighted by molar-refractivity contribution is 0.415. The highest BCUT2D eigenvalue weighted by atomic mass is 35.5. The van der Waals surface area contributed by atoms with Gasteiger partial charge in [-0.25, -0.2) is 14.8 Å². The molecule has 0 unspecified atom stereocenters. The lowest BCUT2D eigenvalue weighted by Crippen LogP contribution is -2.13. The Morgan fingerprint density at radius 2 is 1.38 bits per heavy atom. The van der Waals surface area contributed by atoms with Crippen LogP contribution in [-0.4, -0.2) is 37.9 Å². The van der Waals surface area contributed by atoms with E-state index in [1.165, 1.54) is 6.07 Å². The van der Waals surface area contributed by atoms with Crippen LogP contribution in [0.5, 0.6) is 11.5 Å². The molecule has 12 heteroatoms. The van der Waals surface area contributed by atoms with Gasteiger partial charge in [-0.15, -0.1) is 0 Å². The number of phenols is 1. The van der Waals surface area contributed by atoms with E-state index in [4.69, 9.17) is 27.9 Å². The monoisotopic (exact) mass is 684 g/mol. The molecule has 6 aromatic rings.